The molecule has 11 heteroatoms. The third-order valence-corrected chi connectivity index (χ3v) is 5.89. The number of carboxylic acids is 1. The van der Waals surface area contributed by atoms with E-state index in [-0.39, 0.29) is 17.4 Å². The predicted molar refractivity (Wildman–Crippen MR) is 133 cm³/mol. The van der Waals surface area contributed by atoms with Crippen molar-refractivity contribution in [3.63, 3.8) is 0 Å². The van der Waals surface area contributed by atoms with Gasteiger partial charge in [0.2, 0.25) is 0 Å². The summed E-state index contributed by atoms with van der Waals surface area (Å²) in [4.78, 5) is 42.3. The van der Waals surface area contributed by atoms with Crippen LogP contribution in [-0.4, -0.2) is 52.0 Å². The first kappa shape index (κ1) is 25.9. The summed E-state index contributed by atoms with van der Waals surface area (Å²) in [5.41, 5.74) is 7.62. The zero-order valence-electron chi connectivity index (χ0n) is 20.1. The largest absolute Gasteiger partial charge is 0.480 e. The Labute approximate surface area is 201 Å². The molecule has 0 aliphatic heterocycles. The number of rotatable bonds is 8. The van der Waals surface area contributed by atoms with E-state index in [0.29, 0.717) is 37.0 Å². The van der Waals surface area contributed by atoms with E-state index >= 15 is 0 Å². The van der Waals surface area contributed by atoms with Crippen LogP contribution in [0.2, 0.25) is 0 Å². The summed E-state index contributed by atoms with van der Waals surface area (Å²) in [6, 6.07) is 6.91. The van der Waals surface area contributed by atoms with Gasteiger partial charge in [0, 0.05) is 44.2 Å². The fraction of sp³-hybridized carbons (Fsp3) is 0.417. The summed E-state index contributed by atoms with van der Waals surface area (Å²) in [5, 5.41) is 19.0. The van der Waals surface area contributed by atoms with E-state index in [1.54, 1.807) is 25.6 Å². The van der Waals surface area contributed by atoms with Gasteiger partial charge in [0.05, 0.1) is 12.4 Å². The topological polar surface area (TPSA) is 161 Å². The van der Waals surface area contributed by atoms with Gasteiger partial charge in [0.1, 0.15) is 6.04 Å². The van der Waals surface area contributed by atoms with Crippen molar-refractivity contribution in [3.05, 3.63) is 63.2 Å². The van der Waals surface area contributed by atoms with Crippen LogP contribution in [0.3, 0.4) is 0 Å². The smallest absolute Gasteiger partial charge is 0.332 e. The van der Waals surface area contributed by atoms with Crippen molar-refractivity contribution in [2.75, 3.05) is 0 Å². The van der Waals surface area contributed by atoms with Gasteiger partial charge < -0.3 is 25.5 Å². The van der Waals surface area contributed by atoms with E-state index in [9.17, 15) is 19.5 Å². The normalized spacial score (nSPS) is 12.9. The lowest BCUT2D eigenvalue weighted by Gasteiger charge is -2.09. The van der Waals surface area contributed by atoms with Crippen LogP contribution in [0.25, 0.3) is 22.1 Å². The molecule has 0 aliphatic carbocycles. The lowest BCUT2D eigenvalue weighted by molar-refractivity contribution is -0.138. The summed E-state index contributed by atoms with van der Waals surface area (Å²) in [5.74, 6) is -0.972. The maximum atomic E-state index is 12.4. The number of aliphatic hydroxyl groups is 1. The first-order valence-electron chi connectivity index (χ1n) is 11.4. The summed E-state index contributed by atoms with van der Waals surface area (Å²) >= 11 is 0. The third kappa shape index (κ3) is 5.87. The Morgan fingerprint density at radius 1 is 1.20 bits per heavy atom. The Bertz CT molecular complexity index is 1430. The molecule has 0 amide bonds. The number of unbranched alkanes of at least 4 members (excludes halogenated alkanes) is 1. The molecule has 0 radical (unpaired) electrons. The molecule has 0 bridgehead atoms. The van der Waals surface area contributed by atoms with Crippen molar-refractivity contribution in [1.29, 1.82) is 0 Å². The number of benzene rings is 1. The summed E-state index contributed by atoms with van der Waals surface area (Å²) in [6.45, 7) is 2.09. The Hall–Kier alpha value is -3.70. The Kier molecular flexibility index (Phi) is 8.26. The minimum absolute atomic E-state index is 0.305. The number of aryl methyl sites for hydroxylation is 2. The van der Waals surface area contributed by atoms with Gasteiger partial charge in [-0.1, -0.05) is 18.2 Å². The molecule has 2 atom stereocenters. The first-order chi connectivity index (χ1) is 16.6. The zero-order chi connectivity index (χ0) is 25.7. The van der Waals surface area contributed by atoms with Gasteiger partial charge in [-0.05, 0) is 37.8 Å². The Morgan fingerprint density at radius 2 is 1.91 bits per heavy atom. The number of hydrogen-bond acceptors (Lipinski definition) is 6. The van der Waals surface area contributed by atoms with Crippen LogP contribution in [0.4, 0.5) is 0 Å². The lowest BCUT2D eigenvalue weighted by atomic mass is 10.1. The lowest BCUT2D eigenvalue weighted by Crippen LogP contribution is -2.39. The first-order valence-corrected chi connectivity index (χ1v) is 11.4. The average Bonchev–Trinajstić information content (AvgIpc) is 3.41. The number of aromatic nitrogens is 5. The third-order valence-electron chi connectivity index (χ3n) is 5.89. The highest BCUT2D eigenvalue weighted by Crippen LogP contribution is 2.18. The average molecular weight is 485 g/mol. The van der Waals surface area contributed by atoms with Crippen molar-refractivity contribution < 1.29 is 15.0 Å². The fourth-order valence-electron chi connectivity index (χ4n) is 3.93. The number of para-hydroxylation sites is 1. The predicted octanol–water partition coefficient (Wildman–Crippen LogP) is 1.11. The molecule has 5 N–H and O–H groups in total. The molecule has 0 spiro atoms. The van der Waals surface area contributed by atoms with Gasteiger partial charge >= 0.3 is 11.7 Å². The second-order valence-electron chi connectivity index (χ2n) is 8.68. The highest BCUT2D eigenvalue weighted by Gasteiger charge is 2.15. The number of nitrogens with one attached hydrogen (secondary N) is 1. The van der Waals surface area contributed by atoms with E-state index < -0.39 is 12.0 Å². The quantitative estimate of drug-likeness (QED) is 0.272. The van der Waals surface area contributed by atoms with Crippen LogP contribution < -0.4 is 17.0 Å². The van der Waals surface area contributed by atoms with Crippen molar-refractivity contribution >= 4 is 28.0 Å². The van der Waals surface area contributed by atoms with Crippen LogP contribution in [0.5, 0.6) is 0 Å². The number of hydrogen-bond donors (Lipinski definition) is 4. The van der Waals surface area contributed by atoms with Crippen LogP contribution in [0.1, 0.15) is 31.7 Å². The van der Waals surface area contributed by atoms with E-state index in [4.69, 9.17) is 10.8 Å². The number of imidazole rings is 1. The molecular weight excluding hydrogens is 452 g/mol. The SMILES string of the molecule is C[C@@H](O)CCCCn1c(=O)c2c(ncn2C)n(C)c1=O.N[C@@H](Cc1c[nH]c2ccccc12)C(=O)O. The number of carboxylic acid groups (broad SMARTS) is 1. The molecule has 11 nitrogen and oxygen atoms in total. The molecule has 4 rings (SSSR count). The van der Waals surface area contributed by atoms with Gasteiger partial charge in [0.15, 0.2) is 11.2 Å². The van der Waals surface area contributed by atoms with E-state index in [1.165, 1.54) is 15.5 Å². The van der Waals surface area contributed by atoms with Gasteiger partial charge in [0.25, 0.3) is 5.56 Å². The molecule has 0 fully saturated rings. The standard InChI is InChI=1S/C13H20N4O3.C11H12N2O2/c1-9(18)6-4-5-7-17-12(19)10-11(14-8-15(10)2)16(3)13(17)20;12-9(11(14)15)5-7-6-13-10-4-2-1-3-8(7)10/h8-9,18H,4-7H2,1-3H3;1-4,6,9,13H,5,12H2,(H,14,15)/t2*9-/m10/s1. The number of nitrogens with two attached hydrogens (primary N) is 1. The summed E-state index contributed by atoms with van der Waals surface area (Å²) in [6.07, 6.45) is 5.47. The minimum Gasteiger partial charge on any atom is -0.480 e. The molecule has 0 saturated heterocycles. The number of aliphatic hydroxyl groups excluding tert-OH is 1. The van der Waals surface area contributed by atoms with Crippen LogP contribution in [0.15, 0.2) is 46.4 Å². The molecular formula is C24H32N6O5. The number of aromatic amines is 1. The van der Waals surface area contributed by atoms with Gasteiger partial charge in [-0.15, -0.1) is 0 Å². The Balaban J connectivity index is 0.000000203. The summed E-state index contributed by atoms with van der Waals surface area (Å²) < 4.78 is 4.26. The van der Waals surface area contributed by atoms with Crippen molar-refractivity contribution in [2.24, 2.45) is 19.8 Å². The van der Waals surface area contributed by atoms with Gasteiger partial charge in [-0.3, -0.25) is 18.7 Å². The molecule has 35 heavy (non-hydrogen) atoms. The van der Waals surface area contributed by atoms with Crippen LogP contribution in [-0.2, 0) is 31.9 Å². The van der Waals surface area contributed by atoms with Crippen molar-refractivity contribution in [3.8, 4) is 0 Å². The number of aliphatic carboxylic acids is 1. The van der Waals surface area contributed by atoms with E-state index in [0.717, 1.165) is 22.9 Å². The molecule has 0 aliphatic rings. The van der Waals surface area contributed by atoms with Gasteiger partial charge in [-0.2, -0.15) is 0 Å². The van der Waals surface area contributed by atoms with Crippen molar-refractivity contribution in [1.82, 2.24) is 23.7 Å². The summed E-state index contributed by atoms with van der Waals surface area (Å²) in [7, 11) is 3.35. The van der Waals surface area contributed by atoms with Crippen LogP contribution in [0, 0.1) is 0 Å². The fourth-order valence-corrected chi connectivity index (χ4v) is 3.93. The molecule has 4 aromatic rings. The zero-order valence-corrected chi connectivity index (χ0v) is 20.1. The second-order valence-corrected chi connectivity index (χ2v) is 8.68. The maximum Gasteiger partial charge on any atom is 0.332 e. The second kappa shape index (κ2) is 11.2. The molecule has 188 valence electrons. The molecule has 3 heterocycles. The number of nitrogens with zero attached hydrogens (tertiary/aromatic N) is 4. The monoisotopic (exact) mass is 484 g/mol. The molecule has 0 unspecified atom stereocenters. The molecule has 3 aromatic heterocycles. The highest BCUT2D eigenvalue weighted by atomic mass is 16.4. The van der Waals surface area contributed by atoms with Gasteiger partial charge in [-0.25, -0.2) is 9.78 Å². The number of carbonyl (C=O) groups is 1. The highest BCUT2D eigenvalue weighted by molar-refractivity contribution is 5.84. The Morgan fingerprint density at radius 3 is 2.60 bits per heavy atom. The molecule has 0 saturated carbocycles. The van der Waals surface area contributed by atoms with Crippen molar-refractivity contribution in [2.45, 2.75) is 51.3 Å². The van der Waals surface area contributed by atoms with Crippen LogP contribution >= 0.6 is 0 Å². The number of fused-ring (bicyclic) bond motifs is 2. The number of H-pyrrole nitrogens is 1. The molecule has 1 aromatic carbocycles. The van der Waals surface area contributed by atoms with E-state index in [1.807, 2.05) is 30.5 Å². The minimum atomic E-state index is -0.972. The maximum absolute atomic E-state index is 12.4. The van der Waals surface area contributed by atoms with E-state index in [2.05, 4.69) is 9.97 Å².